The molecule has 5 nitrogen and oxygen atoms in total. The summed E-state index contributed by atoms with van der Waals surface area (Å²) in [7, 11) is 0. The number of aliphatic hydroxyl groups is 3. The molecule has 5 heteroatoms. The molecular weight excluding hydrogens is 332 g/mol. The normalized spacial score (nSPS) is 24.5. The van der Waals surface area contributed by atoms with E-state index in [2.05, 4.69) is 13.0 Å². The van der Waals surface area contributed by atoms with Crippen LogP contribution in [0.1, 0.15) is 77.6 Å². The average Bonchev–Trinajstić information content (AvgIpc) is 3.02. The van der Waals surface area contributed by atoms with Crippen LogP contribution in [0.25, 0.3) is 0 Å². The highest BCUT2D eigenvalue weighted by Crippen LogP contribution is 2.21. The van der Waals surface area contributed by atoms with Crippen LogP contribution in [0.3, 0.4) is 0 Å². The van der Waals surface area contributed by atoms with Gasteiger partial charge in [-0.1, -0.05) is 76.9 Å². The second-order valence-electron chi connectivity index (χ2n) is 7.36. The van der Waals surface area contributed by atoms with Gasteiger partial charge in [0.2, 0.25) is 0 Å². The summed E-state index contributed by atoms with van der Waals surface area (Å²) in [6.07, 6.45) is 15.5. The van der Waals surface area contributed by atoms with Crippen molar-refractivity contribution in [2.75, 3.05) is 19.8 Å². The van der Waals surface area contributed by atoms with Crippen molar-refractivity contribution in [2.45, 2.75) is 102 Å². The van der Waals surface area contributed by atoms with E-state index in [0.29, 0.717) is 6.61 Å². The maximum absolute atomic E-state index is 9.84. The number of unbranched alkanes of at least 4 members (excludes halogenated alkanes) is 10. The van der Waals surface area contributed by atoms with Crippen molar-refractivity contribution in [2.24, 2.45) is 0 Å². The molecule has 1 aliphatic rings. The Bertz CT molecular complexity index is 347. The van der Waals surface area contributed by atoms with E-state index in [4.69, 9.17) is 14.6 Å². The molecule has 1 fully saturated rings. The SMILES string of the molecule is CCCCCCCCCCCC/C=C/CO[C@@H]1[C@H]([C@H](O)CO)OC[C@@H]1O. The number of hydrogen-bond acceptors (Lipinski definition) is 5. The summed E-state index contributed by atoms with van der Waals surface area (Å²) < 4.78 is 10.9. The van der Waals surface area contributed by atoms with Gasteiger partial charge in [-0.2, -0.15) is 0 Å². The molecule has 3 N–H and O–H groups in total. The third-order valence-electron chi connectivity index (χ3n) is 5.00. The predicted octanol–water partition coefficient (Wildman–Crippen LogP) is 3.35. The van der Waals surface area contributed by atoms with Gasteiger partial charge >= 0.3 is 0 Å². The molecule has 1 rings (SSSR count). The van der Waals surface area contributed by atoms with Gasteiger partial charge in [-0.15, -0.1) is 0 Å². The van der Waals surface area contributed by atoms with E-state index in [1.165, 1.54) is 64.2 Å². The first kappa shape index (κ1) is 23.6. The maximum atomic E-state index is 9.84. The van der Waals surface area contributed by atoms with Crippen LogP contribution in [0, 0.1) is 0 Å². The number of rotatable bonds is 16. The number of aliphatic hydroxyl groups excluding tert-OH is 3. The van der Waals surface area contributed by atoms with Crippen LogP contribution in [0.4, 0.5) is 0 Å². The molecule has 0 unspecified atom stereocenters. The van der Waals surface area contributed by atoms with Crippen LogP contribution in [-0.4, -0.2) is 59.6 Å². The highest BCUT2D eigenvalue weighted by molar-refractivity contribution is 4.91. The van der Waals surface area contributed by atoms with E-state index < -0.39 is 31.0 Å². The van der Waals surface area contributed by atoms with Gasteiger partial charge in [0.1, 0.15) is 24.4 Å². The molecule has 4 atom stereocenters. The Hall–Kier alpha value is -0.460. The molecular formula is C21H40O5. The third kappa shape index (κ3) is 10.0. The summed E-state index contributed by atoms with van der Waals surface area (Å²) in [6.45, 7) is 2.38. The molecule has 0 aromatic carbocycles. The summed E-state index contributed by atoms with van der Waals surface area (Å²) in [5.41, 5.74) is 0. The molecule has 0 saturated carbocycles. The quantitative estimate of drug-likeness (QED) is 0.286. The minimum absolute atomic E-state index is 0.134. The molecule has 0 aromatic heterocycles. The van der Waals surface area contributed by atoms with Gasteiger partial charge in [0.15, 0.2) is 0 Å². The van der Waals surface area contributed by atoms with Crippen molar-refractivity contribution in [3.8, 4) is 0 Å². The van der Waals surface area contributed by atoms with Crippen LogP contribution < -0.4 is 0 Å². The first-order chi connectivity index (χ1) is 12.7. The zero-order valence-corrected chi connectivity index (χ0v) is 16.5. The lowest BCUT2D eigenvalue weighted by atomic mass is 10.1. The van der Waals surface area contributed by atoms with Crippen LogP contribution in [0.15, 0.2) is 12.2 Å². The topological polar surface area (TPSA) is 79.2 Å². The van der Waals surface area contributed by atoms with Crippen LogP contribution in [0.5, 0.6) is 0 Å². The molecule has 0 amide bonds. The monoisotopic (exact) mass is 372 g/mol. The summed E-state index contributed by atoms with van der Waals surface area (Å²) in [6, 6.07) is 0. The van der Waals surface area contributed by atoms with Gasteiger partial charge in [-0.25, -0.2) is 0 Å². The molecule has 154 valence electrons. The Balaban J connectivity index is 1.96. The molecule has 26 heavy (non-hydrogen) atoms. The minimum atomic E-state index is -1.02. The molecule has 1 aliphatic heterocycles. The Morgan fingerprint density at radius 3 is 2.23 bits per heavy atom. The second-order valence-corrected chi connectivity index (χ2v) is 7.36. The van der Waals surface area contributed by atoms with Crippen molar-refractivity contribution >= 4 is 0 Å². The van der Waals surface area contributed by atoms with Gasteiger partial charge in [-0.05, 0) is 12.8 Å². The average molecular weight is 373 g/mol. The largest absolute Gasteiger partial charge is 0.394 e. The van der Waals surface area contributed by atoms with E-state index in [1.807, 2.05) is 6.08 Å². The van der Waals surface area contributed by atoms with Gasteiger partial charge < -0.3 is 24.8 Å². The Kier molecular flexibility index (Phi) is 14.1. The van der Waals surface area contributed by atoms with E-state index in [-0.39, 0.29) is 6.61 Å². The van der Waals surface area contributed by atoms with Crippen molar-refractivity contribution in [3.63, 3.8) is 0 Å². The Labute approximate surface area is 159 Å². The van der Waals surface area contributed by atoms with Gasteiger partial charge in [-0.3, -0.25) is 0 Å². The Morgan fingerprint density at radius 2 is 1.62 bits per heavy atom. The van der Waals surface area contributed by atoms with E-state index in [0.717, 1.165) is 6.42 Å². The molecule has 1 heterocycles. The smallest absolute Gasteiger partial charge is 0.115 e. The van der Waals surface area contributed by atoms with Crippen LogP contribution in [-0.2, 0) is 9.47 Å². The lowest BCUT2D eigenvalue weighted by Gasteiger charge is -2.23. The fraction of sp³-hybridized carbons (Fsp3) is 0.905. The second kappa shape index (κ2) is 15.6. The number of hydrogen-bond donors (Lipinski definition) is 3. The Morgan fingerprint density at radius 1 is 1.00 bits per heavy atom. The summed E-state index contributed by atoms with van der Waals surface area (Å²) in [4.78, 5) is 0. The van der Waals surface area contributed by atoms with Crippen LogP contribution >= 0.6 is 0 Å². The van der Waals surface area contributed by atoms with Gasteiger partial charge in [0.25, 0.3) is 0 Å². The lowest BCUT2D eigenvalue weighted by molar-refractivity contribution is -0.0879. The summed E-state index contributed by atoms with van der Waals surface area (Å²) in [5, 5.41) is 28.5. The predicted molar refractivity (Wildman–Crippen MR) is 104 cm³/mol. The molecule has 1 saturated heterocycles. The highest BCUT2D eigenvalue weighted by Gasteiger charge is 2.40. The van der Waals surface area contributed by atoms with E-state index in [1.54, 1.807) is 0 Å². The molecule has 0 radical (unpaired) electrons. The first-order valence-corrected chi connectivity index (χ1v) is 10.6. The van der Waals surface area contributed by atoms with E-state index >= 15 is 0 Å². The fourth-order valence-corrected chi connectivity index (χ4v) is 3.36. The molecule has 0 bridgehead atoms. The van der Waals surface area contributed by atoms with Crippen molar-refractivity contribution < 1.29 is 24.8 Å². The van der Waals surface area contributed by atoms with Gasteiger partial charge in [0, 0.05) is 0 Å². The standard InChI is InChI=1S/C21H40O5/c1-2-3-4-5-6-7-8-9-10-11-12-13-14-15-25-21-19(24)17-26-20(21)18(23)16-22/h13-14,18-24H,2-12,15-17H2,1H3/b14-13+/t18-,19+,20+,21+/m1/s1. The zero-order chi connectivity index (χ0) is 19.0. The molecule has 0 spiro atoms. The van der Waals surface area contributed by atoms with Crippen molar-refractivity contribution in [3.05, 3.63) is 12.2 Å². The zero-order valence-electron chi connectivity index (χ0n) is 16.5. The summed E-state index contributed by atoms with van der Waals surface area (Å²) >= 11 is 0. The summed E-state index contributed by atoms with van der Waals surface area (Å²) in [5.74, 6) is 0. The fourth-order valence-electron chi connectivity index (χ4n) is 3.36. The minimum Gasteiger partial charge on any atom is -0.394 e. The highest BCUT2D eigenvalue weighted by atomic mass is 16.6. The van der Waals surface area contributed by atoms with E-state index in [9.17, 15) is 10.2 Å². The third-order valence-corrected chi connectivity index (χ3v) is 5.00. The number of ether oxygens (including phenoxy) is 2. The lowest BCUT2D eigenvalue weighted by Crippen LogP contribution is -2.42. The van der Waals surface area contributed by atoms with Crippen molar-refractivity contribution in [1.82, 2.24) is 0 Å². The van der Waals surface area contributed by atoms with Crippen LogP contribution in [0.2, 0.25) is 0 Å². The molecule has 0 aromatic rings. The maximum Gasteiger partial charge on any atom is 0.115 e. The van der Waals surface area contributed by atoms with Gasteiger partial charge in [0.05, 0.1) is 19.8 Å². The molecule has 0 aliphatic carbocycles. The number of allylic oxidation sites excluding steroid dienone is 1. The van der Waals surface area contributed by atoms with Crippen molar-refractivity contribution in [1.29, 1.82) is 0 Å². The first-order valence-electron chi connectivity index (χ1n) is 10.6.